The number of hydrogen-bond donors (Lipinski definition) is 1. The van der Waals surface area contributed by atoms with Crippen LogP contribution in [0.25, 0.3) is 0 Å². The molecule has 1 saturated heterocycles. The highest BCUT2D eigenvalue weighted by Gasteiger charge is 2.34. The van der Waals surface area contributed by atoms with E-state index in [2.05, 4.69) is 10.5 Å². The highest BCUT2D eigenvalue weighted by Crippen LogP contribution is 2.27. The Labute approximate surface area is 141 Å². The minimum Gasteiger partial charge on any atom is -0.368 e. The largest absolute Gasteiger partial charge is 0.368 e. The van der Waals surface area contributed by atoms with Crippen molar-refractivity contribution in [1.82, 2.24) is 10.5 Å². The molecule has 1 N–H and O–H groups in total. The second kappa shape index (κ2) is 7.59. The highest BCUT2D eigenvalue weighted by atomic mass is 16.6. The third kappa shape index (κ3) is 3.49. The van der Waals surface area contributed by atoms with Gasteiger partial charge in [0.15, 0.2) is 6.10 Å². The SMILES string of the molecule is CCc1onc(C)c1CNC(=O)[C@@H]1OCCO[C@@H]1c1ccccc1. The van der Waals surface area contributed by atoms with Crippen molar-refractivity contribution < 1.29 is 18.8 Å². The number of rotatable bonds is 5. The molecule has 0 saturated carbocycles. The third-order valence-corrected chi connectivity index (χ3v) is 4.17. The summed E-state index contributed by atoms with van der Waals surface area (Å²) in [5.74, 6) is 0.611. The van der Waals surface area contributed by atoms with Crippen molar-refractivity contribution >= 4 is 5.91 Å². The lowest BCUT2D eigenvalue weighted by molar-refractivity contribution is -0.166. The molecule has 1 aliphatic rings. The second-order valence-corrected chi connectivity index (χ2v) is 5.73. The van der Waals surface area contributed by atoms with Crippen LogP contribution in [0.5, 0.6) is 0 Å². The number of carbonyl (C=O) groups is 1. The van der Waals surface area contributed by atoms with Gasteiger partial charge >= 0.3 is 0 Å². The first-order valence-electron chi connectivity index (χ1n) is 8.20. The van der Waals surface area contributed by atoms with Crippen LogP contribution in [-0.4, -0.2) is 30.4 Å². The van der Waals surface area contributed by atoms with Gasteiger partial charge in [-0.3, -0.25) is 4.79 Å². The van der Waals surface area contributed by atoms with E-state index < -0.39 is 12.2 Å². The molecule has 128 valence electrons. The minimum absolute atomic E-state index is 0.189. The van der Waals surface area contributed by atoms with E-state index in [1.165, 1.54) is 0 Å². The van der Waals surface area contributed by atoms with Crippen molar-refractivity contribution in [2.45, 2.75) is 39.0 Å². The first-order valence-corrected chi connectivity index (χ1v) is 8.20. The summed E-state index contributed by atoms with van der Waals surface area (Å²) in [6.07, 6.45) is -0.317. The maximum Gasteiger partial charge on any atom is 0.252 e. The van der Waals surface area contributed by atoms with Crippen LogP contribution in [0, 0.1) is 6.92 Å². The van der Waals surface area contributed by atoms with E-state index in [0.29, 0.717) is 19.8 Å². The fourth-order valence-electron chi connectivity index (χ4n) is 2.87. The number of amides is 1. The number of nitrogens with zero attached hydrogens (tertiary/aromatic N) is 1. The predicted octanol–water partition coefficient (Wildman–Crippen LogP) is 2.32. The Bertz CT molecular complexity index is 684. The monoisotopic (exact) mass is 330 g/mol. The van der Waals surface area contributed by atoms with Gasteiger partial charge in [-0.1, -0.05) is 42.4 Å². The zero-order valence-corrected chi connectivity index (χ0v) is 14.0. The molecule has 0 bridgehead atoms. The van der Waals surface area contributed by atoms with E-state index in [9.17, 15) is 4.79 Å². The van der Waals surface area contributed by atoms with Crippen molar-refractivity contribution in [1.29, 1.82) is 0 Å². The average molecular weight is 330 g/mol. The summed E-state index contributed by atoms with van der Waals surface area (Å²) in [6, 6.07) is 9.67. The fraction of sp³-hybridized carbons (Fsp3) is 0.444. The fourth-order valence-corrected chi connectivity index (χ4v) is 2.87. The average Bonchev–Trinajstić information content (AvgIpc) is 3.00. The smallest absolute Gasteiger partial charge is 0.252 e. The first kappa shape index (κ1) is 16.7. The number of aryl methyl sites for hydroxylation is 2. The summed E-state index contributed by atoms with van der Waals surface area (Å²) >= 11 is 0. The second-order valence-electron chi connectivity index (χ2n) is 5.73. The predicted molar refractivity (Wildman–Crippen MR) is 87.3 cm³/mol. The molecule has 1 aromatic carbocycles. The number of hydrogen-bond acceptors (Lipinski definition) is 5. The van der Waals surface area contributed by atoms with Gasteiger partial charge < -0.3 is 19.3 Å². The molecule has 0 spiro atoms. The van der Waals surface area contributed by atoms with Crippen LogP contribution in [0.1, 0.15) is 35.6 Å². The summed E-state index contributed by atoms with van der Waals surface area (Å²) in [7, 11) is 0. The molecule has 1 aromatic heterocycles. The Kier molecular flexibility index (Phi) is 5.27. The molecule has 0 unspecified atom stereocenters. The minimum atomic E-state index is -0.661. The molecule has 24 heavy (non-hydrogen) atoms. The van der Waals surface area contributed by atoms with Gasteiger partial charge in [-0.05, 0) is 12.5 Å². The van der Waals surface area contributed by atoms with Gasteiger partial charge in [-0.15, -0.1) is 0 Å². The van der Waals surface area contributed by atoms with Crippen LogP contribution in [0.3, 0.4) is 0 Å². The summed E-state index contributed by atoms with van der Waals surface area (Å²) in [5.41, 5.74) is 2.67. The van der Waals surface area contributed by atoms with Gasteiger partial charge in [-0.2, -0.15) is 0 Å². The molecule has 3 rings (SSSR count). The molecule has 2 heterocycles. The summed E-state index contributed by atoms with van der Waals surface area (Å²) in [4.78, 5) is 12.6. The van der Waals surface area contributed by atoms with Crippen molar-refractivity contribution in [3.05, 3.63) is 52.9 Å². The van der Waals surface area contributed by atoms with E-state index in [4.69, 9.17) is 14.0 Å². The van der Waals surface area contributed by atoms with Crippen LogP contribution in [0.4, 0.5) is 0 Å². The van der Waals surface area contributed by atoms with E-state index in [1.807, 2.05) is 44.2 Å². The number of nitrogens with one attached hydrogen (secondary N) is 1. The van der Waals surface area contributed by atoms with Crippen molar-refractivity contribution in [3.8, 4) is 0 Å². The first-order chi connectivity index (χ1) is 11.7. The standard InChI is InChI=1S/C18H22N2O4/c1-3-15-14(12(2)20-24-15)11-19-18(21)17-16(22-9-10-23-17)13-7-5-4-6-8-13/h4-8,16-17H,3,9-11H2,1-2H3,(H,19,21)/t16-,17-/m1/s1. The number of aromatic nitrogens is 1. The summed E-state index contributed by atoms with van der Waals surface area (Å²) in [5, 5.41) is 6.88. The maximum atomic E-state index is 12.6. The Balaban J connectivity index is 1.69. The Morgan fingerprint density at radius 2 is 2.00 bits per heavy atom. The molecule has 0 aliphatic carbocycles. The molecule has 1 fully saturated rings. The number of carbonyl (C=O) groups excluding carboxylic acids is 1. The Hall–Kier alpha value is -2.18. The van der Waals surface area contributed by atoms with Gasteiger partial charge in [0.1, 0.15) is 11.9 Å². The molecule has 1 amide bonds. The molecule has 6 heteroatoms. The zero-order valence-electron chi connectivity index (χ0n) is 14.0. The van der Waals surface area contributed by atoms with E-state index in [1.54, 1.807) is 0 Å². The lowest BCUT2D eigenvalue weighted by atomic mass is 10.0. The van der Waals surface area contributed by atoms with Gasteiger partial charge in [0.25, 0.3) is 5.91 Å². The molecular formula is C18H22N2O4. The maximum absolute atomic E-state index is 12.6. The van der Waals surface area contributed by atoms with E-state index in [-0.39, 0.29) is 5.91 Å². The molecule has 0 radical (unpaired) electrons. The highest BCUT2D eigenvalue weighted by molar-refractivity contribution is 5.81. The van der Waals surface area contributed by atoms with Crippen molar-refractivity contribution in [3.63, 3.8) is 0 Å². The van der Waals surface area contributed by atoms with Gasteiger partial charge in [-0.25, -0.2) is 0 Å². The quantitative estimate of drug-likeness (QED) is 0.911. The zero-order chi connectivity index (χ0) is 16.9. The molecular weight excluding hydrogens is 308 g/mol. The van der Waals surface area contributed by atoms with Gasteiger partial charge in [0.05, 0.1) is 18.9 Å². The molecule has 1 aliphatic heterocycles. The van der Waals surface area contributed by atoms with Crippen LogP contribution >= 0.6 is 0 Å². The van der Waals surface area contributed by atoms with Crippen LogP contribution in [-0.2, 0) is 27.2 Å². The van der Waals surface area contributed by atoms with Crippen LogP contribution < -0.4 is 5.32 Å². The Morgan fingerprint density at radius 1 is 1.25 bits per heavy atom. The lowest BCUT2D eigenvalue weighted by Gasteiger charge is -2.31. The molecule has 6 nitrogen and oxygen atoms in total. The summed E-state index contributed by atoms with van der Waals surface area (Å²) in [6.45, 7) is 5.13. The number of benzene rings is 1. The topological polar surface area (TPSA) is 73.6 Å². The molecule has 2 aromatic rings. The van der Waals surface area contributed by atoms with E-state index >= 15 is 0 Å². The lowest BCUT2D eigenvalue weighted by Crippen LogP contribution is -2.44. The van der Waals surface area contributed by atoms with Crippen LogP contribution in [0.15, 0.2) is 34.9 Å². The van der Waals surface area contributed by atoms with E-state index in [0.717, 1.165) is 29.0 Å². The number of ether oxygens (including phenoxy) is 2. The Morgan fingerprint density at radius 3 is 2.75 bits per heavy atom. The van der Waals surface area contributed by atoms with Gasteiger partial charge in [0, 0.05) is 18.5 Å². The van der Waals surface area contributed by atoms with Gasteiger partial charge in [0.2, 0.25) is 0 Å². The normalized spacial score (nSPS) is 20.8. The third-order valence-electron chi connectivity index (χ3n) is 4.17. The van der Waals surface area contributed by atoms with Crippen LogP contribution in [0.2, 0.25) is 0 Å². The van der Waals surface area contributed by atoms with Crippen molar-refractivity contribution in [2.24, 2.45) is 0 Å². The van der Waals surface area contributed by atoms with Crippen molar-refractivity contribution in [2.75, 3.05) is 13.2 Å². The molecule has 2 atom stereocenters. The summed E-state index contributed by atoms with van der Waals surface area (Å²) < 4.78 is 16.7.